The fourth-order valence-corrected chi connectivity index (χ4v) is 3.23. The van der Waals surface area contributed by atoms with E-state index < -0.39 is 16.2 Å². The molecule has 112 valence electrons. The second-order valence-corrected chi connectivity index (χ2v) is 7.07. The van der Waals surface area contributed by atoms with Crippen LogP contribution in [0.1, 0.15) is 11.1 Å². The Hall–Kier alpha value is -1.87. The van der Waals surface area contributed by atoms with Gasteiger partial charge in [0.2, 0.25) is 0 Å². The fraction of sp³-hybridized carbons (Fsp3) is 0. The molecule has 3 rings (SSSR count). The molecule has 0 fully saturated rings. The van der Waals surface area contributed by atoms with Crippen LogP contribution in [-0.2, 0) is 19.3 Å². The summed E-state index contributed by atoms with van der Waals surface area (Å²) in [5, 5.41) is 0. The topological polar surface area (TPSA) is 72.5 Å². The zero-order valence-corrected chi connectivity index (χ0v) is 14.1. The number of hydrogen-bond acceptors (Lipinski definition) is 4. The SMILES string of the molecule is O=C1NS(=O)(=O)OC(c2ccc(I)cc2)=C1c1ccccc1. The Morgan fingerprint density at radius 3 is 2.18 bits per heavy atom. The van der Waals surface area contributed by atoms with Crippen LogP contribution in [0.15, 0.2) is 54.6 Å². The third-order valence-electron chi connectivity index (χ3n) is 3.03. The Morgan fingerprint density at radius 2 is 1.55 bits per heavy atom. The van der Waals surface area contributed by atoms with E-state index in [1.807, 2.05) is 22.9 Å². The minimum absolute atomic E-state index is 0.0337. The highest BCUT2D eigenvalue weighted by Crippen LogP contribution is 2.32. The van der Waals surface area contributed by atoms with E-state index in [-0.39, 0.29) is 11.3 Å². The standard InChI is InChI=1S/C15H10INO4S/c16-12-8-6-11(7-9-12)14-13(10-4-2-1-3-5-10)15(18)17-22(19,20)21-14/h1-9H,(H,17,18). The molecule has 0 unspecified atom stereocenters. The van der Waals surface area contributed by atoms with Crippen LogP contribution in [-0.4, -0.2) is 14.3 Å². The molecule has 1 aliphatic rings. The predicted molar refractivity (Wildman–Crippen MR) is 90.6 cm³/mol. The van der Waals surface area contributed by atoms with Crippen LogP contribution in [0.3, 0.4) is 0 Å². The van der Waals surface area contributed by atoms with Crippen molar-refractivity contribution in [2.45, 2.75) is 0 Å². The summed E-state index contributed by atoms with van der Waals surface area (Å²) in [6, 6.07) is 15.9. The molecule has 0 radical (unpaired) electrons. The van der Waals surface area contributed by atoms with Crippen molar-refractivity contribution in [3.63, 3.8) is 0 Å². The molecule has 0 saturated carbocycles. The monoisotopic (exact) mass is 427 g/mol. The highest BCUT2D eigenvalue weighted by atomic mass is 127. The van der Waals surface area contributed by atoms with Gasteiger partial charge in [0, 0.05) is 9.13 Å². The Labute approximate surface area is 141 Å². The van der Waals surface area contributed by atoms with Crippen LogP contribution in [0.2, 0.25) is 0 Å². The smallest absolute Gasteiger partial charge is 0.365 e. The first-order valence-electron chi connectivity index (χ1n) is 6.28. The highest BCUT2D eigenvalue weighted by Gasteiger charge is 2.32. The van der Waals surface area contributed by atoms with Crippen molar-refractivity contribution in [3.8, 4) is 0 Å². The molecular formula is C15H10INO4S. The van der Waals surface area contributed by atoms with E-state index in [1.54, 1.807) is 36.4 Å². The number of halogens is 1. The summed E-state index contributed by atoms with van der Waals surface area (Å²) in [7, 11) is -4.14. The number of amides is 1. The van der Waals surface area contributed by atoms with Gasteiger partial charge in [0.05, 0.1) is 5.57 Å². The number of nitrogens with one attached hydrogen (secondary N) is 1. The van der Waals surface area contributed by atoms with Crippen molar-refractivity contribution < 1.29 is 17.4 Å². The van der Waals surface area contributed by atoms with Crippen LogP contribution in [0, 0.1) is 3.57 Å². The minimum atomic E-state index is -4.14. The van der Waals surface area contributed by atoms with Crippen molar-refractivity contribution in [1.29, 1.82) is 0 Å². The average Bonchev–Trinajstić information content (AvgIpc) is 2.47. The van der Waals surface area contributed by atoms with Crippen molar-refractivity contribution in [2.75, 3.05) is 0 Å². The quantitative estimate of drug-likeness (QED) is 0.748. The molecule has 5 nitrogen and oxygen atoms in total. The zero-order valence-electron chi connectivity index (χ0n) is 11.1. The number of hydrogen-bond donors (Lipinski definition) is 1. The van der Waals surface area contributed by atoms with Gasteiger partial charge < -0.3 is 4.18 Å². The maximum absolute atomic E-state index is 12.2. The maximum Gasteiger partial charge on any atom is 0.410 e. The van der Waals surface area contributed by atoms with Gasteiger partial charge in [0.1, 0.15) is 0 Å². The van der Waals surface area contributed by atoms with E-state index in [4.69, 9.17) is 4.18 Å². The van der Waals surface area contributed by atoms with Gasteiger partial charge in [-0.1, -0.05) is 42.5 Å². The summed E-state index contributed by atoms with van der Waals surface area (Å²) < 4.78 is 31.3. The Balaban J connectivity index is 2.25. The lowest BCUT2D eigenvalue weighted by molar-refractivity contribution is -0.114. The molecule has 0 aliphatic carbocycles. The summed E-state index contributed by atoms with van der Waals surface area (Å²) in [4.78, 5) is 12.2. The molecule has 0 bridgehead atoms. The van der Waals surface area contributed by atoms with E-state index in [0.29, 0.717) is 11.1 Å². The normalized spacial score (nSPS) is 16.9. The zero-order chi connectivity index (χ0) is 15.7. The molecule has 0 saturated heterocycles. The first-order chi connectivity index (χ1) is 10.5. The molecule has 0 atom stereocenters. The molecule has 1 aliphatic heterocycles. The van der Waals surface area contributed by atoms with Crippen LogP contribution in [0.4, 0.5) is 0 Å². The van der Waals surface area contributed by atoms with E-state index in [2.05, 4.69) is 22.6 Å². The minimum Gasteiger partial charge on any atom is -0.365 e. The Kier molecular flexibility index (Phi) is 3.92. The Morgan fingerprint density at radius 1 is 0.909 bits per heavy atom. The van der Waals surface area contributed by atoms with Gasteiger partial charge in [-0.05, 0) is 40.3 Å². The van der Waals surface area contributed by atoms with Gasteiger partial charge in [0.15, 0.2) is 5.76 Å². The van der Waals surface area contributed by atoms with Crippen molar-refractivity contribution >= 4 is 50.1 Å². The fourth-order valence-electron chi connectivity index (χ4n) is 2.10. The second kappa shape index (κ2) is 5.73. The molecule has 1 heterocycles. The van der Waals surface area contributed by atoms with Crippen LogP contribution in [0.5, 0.6) is 0 Å². The summed E-state index contributed by atoms with van der Waals surface area (Å²) in [5.74, 6) is -0.669. The number of benzene rings is 2. The summed E-state index contributed by atoms with van der Waals surface area (Å²) in [6.07, 6.45) is 0. The van der Waals surface area contributed by atoms with Gasteiger partial charge in [-0.15, -0.1) is 0 Å². The number of carbonyl (C=O) groups is 1. The lowest BCUT2D eigenvalue weighted by Gasteiger charge is -2.21. The molecule has 0 aromatic heterocycles. The molecular weight excluding hydrogens is 417 g/mol. The van der Waals surface area contributed by atoms with Gasteiger partial charge in [-0.2, -0.15) is 8.42 Å². The lowest BCUT2D eigenvalue weighted by Crippen LogP contribution is -2.37. The third kappa shape index (κ3) is 3.00. The summed E-state index contributed by atoms with van der Waals surface area (Å²) >= 11 is 2.14. The van der Waals surface area contributed by atoms with Gasteiger partial charge in [-0.25, -0.2) is 4.72 Å². The van der Waals surface area contributed by atoms with E-state index in [0.717, 1.165) is 3.57 Å². The Bertz CT molecular complexity index is 858. The molecule has 0 spiro atoms. The van der Waals surface area contributed by atoms with Crippen molar-refractivity contribution in [3.05, 3.63) is 69.3 Å². The summed E-state index contributed by atoms with van der Waals surface area (Å²) in [6.45, 7) is 0. The highest BCUT2D eigenvalue weighted by molar-refractivity contribution is 14.1. The van der Waals surface area contributed by atoms with E-state index >= 15 is 0 Å². The van der Waals surface area contributed by atoms with Gasteiger partial charge >= 0.3 is 10.3 Å². The molecule has 7 heteroatoms. The summed E-state index contributed by atoms with van der Waals surface area (Å²) in [5.41, 5.74) is 1.30. The first kappa shape index (κ1) is 15.0. The molecule has 22 heavy (non-hydrogen) atoms. The molecule has 2 aromatic rings. The maximum atomic E-state index is 12.2. The van der Waals surface area contributed by atoms with Crippen LogP contribution < -0.4 is 4.72 Å². The molecule has 1 N–H and O–H groups in total. The first-order valence-corrected chi connectivity index (χ1v) is 8.77. The molecule has 2 aromatic carbocycles. The van der Waals surface area contributed by atoms with Crippen molar-refractivity contribution in [1.82, 2.24) is 4.72 Å². The van der Waals surface area contributed by atoms with Crippen molar-refractivity contribution in [2.24, 2.45) is 0 Å². The number of carbonyl (C=O) groups excluding carboxylic acids is 1. The number of rotatable bonds is 2. The lowest BCUT2D eigenvalue weighted by atomic mass is 10.0. The third-order valence-corrected chi connectivity index (χ3v) is 4.57. The molecule has 1 amide bonds. The van der Waals surface area contributed by atoms with Gasteiger partial charge in [-0.3, -0.25) is 4.79 Å². The van der Waals surface area contributed by atoms with Crippen LogP contribution in [0.25, 0.3) is 11.3 Å². The second-order valence-electron chi connectivity index (χ2n) is 4.55. The largest absolute Gasteiger partial charge is 0.410 e. The van der Waals surface area contributed by atoms with E-state index in [1.165, 1.54) is 0 Å². The van der Waals surface area contributed by atoms with Crippen LogP contribution >= 0.6 is 22.6 Å². The predicted octanol–water partition coefficient (Wildman–Crippen LogP) is 2.55. The van der Waals surface area contributed by atoms with Gasteiger partial charge in [0.25, 0.3) is 5.91 Å². The average molecular weight is 427 g/mol. The van der Waals surface area contributed by atoms with E-state index in [9.17, 15) is 13.2 Å².